The number of nitrogens with zero attached hydrogens (tertiary/aromatic N) is 1. The second kappa shape index (κ2) is 10.6. The van der Waals surface area contributed by atoms with Crippen LogP contribution in [0.4, 0.5) is 0 Å². The van der Waals surface area contributed by atoms with Crippen molar-refractivity contribution >= 4 is 24.0 Å². The first-order valence-electron chi connectivity index (χ1n) is 9.43. The van der Waals surface area contributed by atoms with Crippen molar-refractivity contribution in [3.8, 4) is 17.2 Å². The fourth-order valence-corrected chi connectivity index (χ4v) is 2.55. The minimum absolute atomic E-state index is 0.112. The van der Waals surface area contributed by atoms with Crippen LogP contribution in [0.25, 0.3) is 0 Å². The zero-order valence-corrected chi connectivity index (χ0v) is 16.8. The standard InChI is InChI=1S/C21H21N3O7/c1-2-28-20(26)12-29-16-5-3-4-14(8-16)10-23-24-19(25)11-22-21(27)15-6-7-17-18(9-15)31-13-30-17/h3-10H,2,11-13H2,1H3,(H,22,27)(H,24,25)/b23-10-. The minimum atomic E-state index is -0.500. The van der Waals surface area contributed by atoms with Crippen molar-refractivity contribution in [2.45, 2.75) is 6.92 Å². The average Bonchev–Trinajstić information content (AvgIpc) is 3.24. The monoisotopic (exact) mass is 427 g/mol. The Bertz CT molecular complexity index is 991. The Morgan fingerprint density at radius 1 is 1.13 bits per heavy atom. The Hall–Kier alpha value is -4.08. The molecule has 0 aliphatic carbocycles. The Morgan fingerprint density at radius 3 is 2.81 bits per heavy atom. The number of carbonyl (C=O) groups is 3. The predicted octanol–water partition coefficient (Wildman–Crippen LogP) is 1.24. The maximum atomic E-state index is 12.2. The van der Waals surface area contributed by atoms with Crippen molar-refractivity contribution in [2.75, 3.05) is 26.6 Å². The smallest absolute Gasteiger partial charge is 0.344 e. The number of ether oxygens (including phenoxy) is 4. The van der Waals surface area contributed by atoms with Crippen LogP contribution in [-0.2, 0) is 14.3 Å². The van der Waals surface area contributed by atoms with Gasteiger partial charge in [0.1, 0.15) is 5.75 Å². The van der Waals surface area contributed by atoms with Crippen molar-refractivity contribution in [3.05, 3.63) is 53.6 Å². The number of hydrogen-bond acceptors (Lipinski definition) is 8. The third-order valence-electron chi connectivity index (χ3n) is 3.97. The minimum Gasteiger partial charge on any atom is -0.482 e. The molecule has 0 spiro atoms. The Labute approximate surface area is 178 Å². The van der Waals surface area contributed by atoms with E-state index in [0.717, 1.165) is 0 Å². The lowest BCUT2D eigenvalue weighted by molar-refractivity contribution is -0.145. The molecule has 0 fully saturated rings. The van der Waals surface area contributed by atoms with Crippen molar-refractivity contribution in [1.82, 2.24) is 10.7 Å². The predicted molar refractivity (Wildman–Crippen MR) is 109 cm³/mol. The summed E-state index contributed by atoms with van der Waals surface area (Å²) < 4.78 is 20.5. The normalized spacial score (nSPS) is 11.8. The Kier molecular flexibility index (Phi) is 7.41. The van der Waals surface area contributed by atoms with E-state index in [-0.39, 0.29) is 26.6 Å². The highest BCUT2D eigenvalue weighted by molar-refractivity contribution is 5.97. The molecule has 1 aliphatic rings. The van der Waals surface area contributed by atoms with Crippen LogP contribution in [0.2, 0.25) is 0 Å². The molecule has 0 bridgehead atoms. The van der Waals surface area contributed by atoms with Crippen molar-refractivity contribution in [2.24, 2.45) is 5.10 Å². The molecule has 10 heteroatoms. The maximum absolute atomic E-state index is 12.2. The van der Waals surface area contributed by atoms with Gasteiger partial charge in [0, 0.05) is 5.56 Å². The lowest BCUT2D eigenvalue weighted by Gasteiger charge is -2.06. The number of hydrazone groups is 1. The number of amides is 2. The van der Waals surface area contributed by atoms with Crippen molar-refractivity contribution < 1.29 is 33.3 Å². The fraction of sp³-hybridized carbons (Fsp3) is 0.238. The van der Waals surface area contributed by atoms with Gasteiger partial charge in [0.05, 0.1) is 19.4 Å². The van der Waals surface area contributed by atoms with Gasteiger partial charge in [-0.3, -0.25) is 9.59 Å². The molecule has 2 aromatic carbocycles. The van der Waals surface area contributed by atoms with E-state index in [0.29, 0.717) is 28.4 Å². The molecule has 3 rings (SSSR count). The quantitative estimate of drug-likeness (QED) is 0.350. The Balaban J connectivity index is 1.43. The Morgan fingerprint density at radius 2 is 1.97 bits per heavy atom. The highest BCUT2D eigenvalue weighted by Crippen LogP contribution is 2.32. The molecule has 10 nitrogen and oxygen atoms in total. The van der Waals surface area contributed by atoms with E-state index in [1.165, 1.54) is 6.21 Å². The van der Waals surface area contributed by atoms with E-state index in [1.807, 2.05) is 0 Å². The fourth-order valence-electron chi connectivity index (χ4n) is 2.55. The second-order valence-corrected chi connectivity index (χ2v) is 6.21. The number of hydrogen-bond donors (Lipinski definition) is 2. The molecule has 0 unspecified atom stereocenters. The molecule has 0 atom stereocenters. The largest absolute Gasteiger partial charge is 0.482 e. The molecule has 31 heavy (non-hydrogen) atoms. The first kappa shape index (κ1) is 21.6. The van der Waals surface area contributed by atoms with E-state index in [4.69, 9.17) is 18.9 Å². The molecule has 162 valence electrons. The number of esters is 1. The molecule has 0 saturated carbocycles. The van der Waals surface area contributed by atoms with Crippen LogP contribution < -0.4 is 25.0 Å². The summed E-state index contributed by atoms with van der Waals surface area (Å²) in [5.41, 5.74) is 3.31. The lowest BCUT2D eigenvalue weighted by Crippen LogP contribution is -2.34. The molecule has 2 amide bonds. The number of nitrogens with one attached hydrogen (secondary N) is 2. The number of fused-ring (bicyclic) bond motifs is 1. The molecular formula is C21H21N3O7. The summed E-state index contributed by atoms with van der Waals surface area (Å²) in [6.07, 6.45) is 1.41. The van der Waals surface area contributed by atoms with Gasteiger partial charge in [0.15, 0.2) is 18.1 Å². The first-order valence-corrected chi connectivity index (χ1v) is 9.43. The van der Waals surface area contributed by atoms with Gasteiger partial charge in [-0.2, -0.15) is 5.10 Å². The second-order valence-electron chi connectivity index (χ2n) is 6.21. The van der Waals surface area contributed by atoms with Crippen LogP contribution in [0.3, 0.4) is 0 Å². The van der Waals surface area contributed by atoms with E-state index in [2.05, 4.69) is 15.8 Å². The molecule has 0 saturated heterocycles. The summed E-state index contributed by atoms with van der Waals surface area (Å²) in [5, 5.41) is 6.35. The van der Waals surface area contributed by atoms with Gasteiger partial charge in [-0.1, -0.05) is 12.1 Å². The summed E-state index contributed by atoms with van der Waals surface area (Å²) in [4.78, 5) is 35.4. The van der Waals surface area contributed by atoms with Crippen LogP contribution >= 0.6 is 0 Å². The van der Waals surface area contributed by atoms with Crippen LogP contribution in [-0.4, -0.2) is 50.5 Å². The summed E-state index contributed by atoms with van der Waals surface area (Å²) in [6.45, 7) is 1.65. The SMILES string of the molecule is CCOC(=O)COc1cccc(/C=N\NC(=O)CNC(=O)c2ccc3c(c2)OCO3)c1. The maximum Gasteiger partial charge on any atom is 0.344 e. The third-order valence-corrected chi connectivity index (χ3v) is 3.97. The molecule has 1 heterocycles. The summed E-state index contributed by atoms with van der Waals surface area (Å²) in [5.74, 6) is 0.119. The van der Waals surface area contributed by atoms with Gasteiger partial charge in [-0.05, 0) is 42.8 Å². The van der Waals surface area contributed by atoms with Gasteiger partial charge < -0.3 is 24.3 Å². The highest BCUT2D eigenvalue weighted by Gasteiger charge is 2.16. The van der Waals surface area contributed by atoms with E-state index < -0.39 is 17.8 Å². The van der Waals surface area contributed by atoms with Gasteiger partial charge in [-0.25, -0.2) is 10.2 Å². The molecule has 2 aromatic rings. The van der Waals surface area contributed by atoms with E-state index in [9.17, 15) is 14.4 Å². The van der Waals surface area contributed by atoms with Crippen LogP contribution in [0, 0.1) is 0 Å². The molecule has 0 aromatic heterocycles. The van der Waals surface area contributed by atoms with E-state index in [1.54, 1.807) is 49.4 Å². The lowest BCUT2D eigenvalue weighted by atomic mass is 10.2. The molecule has 1 aliphatic heterocycles. The van der Waals surface area contributed by atoms with Crippen LogP contribution in [0.1, 0.15) is 22.8 Å². The van der Waals surface area contributed by atoms with Crippen LogP contribution in [0.5, 0.6) is 17.2 Å². The molecule has 0 radical (unpaired) electrons. The van der Waals surface area contributed by atoms with Gasteiger partial charge >= 0.3 is 5.97 Å². The van der Waals surface area contributed by atoms with Crippen molar-refractivity contribution in [1.29, 1.82) is 0 Å². The highest BCUT2D eigenvalue weighted by atomic mass is 16.7. The summed E-state index contributed by atoms with van der Waals surface area (Å²) in [6, 6.07) is 11.5. The van der Waals surface area contributed by atoms with Crippen molar-refractivity contribution in [3.63, 3.8) is 0 Å². The summed E-state index contributed by atoms with van der Waals surface area (Å²) in [7, 11) is 0. The number of rotatable bonds is 9. The summed E-state index contributed by atoms with van der Waals surface area (Å²) >= 11 is 0. The molecule has 2 N–H and O–H groups in total. The zero-order valence-electron chi connectivity index (χ0n) is 16.8. The average molecular weight is 427 g/mol. The van der Waals surface area contributed by atoms with Gasteiger partial charge in [0.25, 0.3) is 11.8 Å². The zero-order chi connectivity index (χ0) is 22.1. The van der Waals surface area contributed by atoms with Gasteiger partial charge in [-0.15, -0.1) is 0 Å². The third kappa shape index (κ3) is 6.46. The van der Waals surface area contributed by atoms with Crippen LogP contribution in [0.15, 0.2) is 47.6 Å². The number of benzene rings is 2. The first-order chi connectivity index (χ1) is 15.0. The topological polar surface area (TPSA) is 125 Å². The molecular weight excluding hydrogens is 406 g/mol. The number of carbonyl (C=O) groups excluding carboxylic acids is 3. The van der Waals surface area contributed by atoms with E-state index >= 15 is 0 Å². The van der Waals surface area contributed by atoms with Gasteiger partial charge in [0.2, 0.25) is 6.79 Å².